The molecule has 5 aliphatic heterocycles. The first-order valence-electron chi connectivity index (χ1n) is 16.6. The molecule has 0 radical (unpaired) electrons. The number of alkyl halides is 1. The molecule has 6 aliphatic rings. The molecule has 1 aromatic heterocycles. The number of halogens is 2. The highest BCUT2D eigenvalue weighted by Crippen LogP contribution is 2.54. The molecule has 9 rings (SSSR count). The molecule has 7 nitrogen and oxygen atoms in total. The summed E-state index contributed by atoms with van der Waals surface area (Å²) in [4.78, 5) is 12.3. The van der Waals surface area contributed by atoms with E-state index >= 15 is 4.39 Å². The van der Waals surface area contributed by atoms with Gasteiger partial charge >= 0.3 is 0 Å². The van der Waals surface area contributed by atoms with Gasteiger partial charge in [-0.3, -0.25) is 4.90 Å². The Kier molecular flexibility index (Phi) is 6.12. The predicted octanol–water partition coefficient (Wildman–Crippen LogP) is 5.05. The van der Waals surface area contributed by atoms with E-state index in [1.165, 1.54) is 30.2 Å². The zero-order valence-electron chi connectivity index (χ0n) is 25.5. The number of aromatic nitrogens is 1. The molecule has 234 valence electrons. The van der Waals surface area contributed by atoms with Gasteiger partial charge in [0.2, 0.25) is 5.88 Å². The summed E-state index contributed by atoms with van der Waals surface area (Å²) in [6.07, 6.45) is 12.8. The molecular weight excluding hydrogens is 572 g/mol. The minimum atomic E-state index is -0.810. The van der Waals surface area contributed by atoms with E-state index in [-0.39, 0.29) is 22.4 Å². The van der Waals surface area contributed by atoms with Gasteiger partial charge in [-0.25, -0.2) is 13.8 Å². The fraction of sp³-hybridized carbons (Fsp3) is 0.528. The third kappa shape index (κ3) is 4.39. The van der Waals surface area contributed by atoms with Crippen molar-refractivity contribution >= 4 is 22.1 Å². The molecule has 9 heteroatoms. The van der Waals surface area contributed by atoms with Gasteiger partial charge in [0, 0.05) is 72.4 Å². The highest BCUT2D eigenvalue weighted by Gasteiger charge is 2.53. The Morgan fingerprint density at radius 1 is 1.09 bits per heavy atom. The summed E-state index contributed by atoms with van der Waals surface area (Å²) in [5.41, 5.74) is 3.95. The molecule has 5 fully saturated rings. The van der Waals surface area contributed by atoms with Gasteiger partial charge in [0.05, 0.1) is 29.0 Å². The van der Waals surface area contributed by atoms with Gasteiger partial charge in [0.15, 0.2) is 0 Å². The Morgan fingerprint density at radius 3 is 2.69 bits per heavy atom. The molecule has 2 aromatic carbocycles. The zero-order chi connectivity index (χ0) is 30.5. The number of benzene rings is 2. The van der Waals surface area contributed by atoms with Crippen LogP contribution in [0.15, 0.2) is 30.3 Å². The smallest absolute Gasteiger partial charge is 0.215 e. The van der Waals surface area contributed by atoms with E-state index < -0.39 is 12.0 Å². The first-order valence-corrected chi connectivity index (χ1v) is 16.6. The quantitative estimate of drug-likeness (QED) is 0.392. The minimum absolute atomic E-state index is 0.124. The van der Waals surface area contributed by atoms with Crippen LogP contribution in [0.3, 0.4) is 0 Å². The lowest BCUT2D eigenvalue weighted by Gasteiger charge is -2.43. The third-order valence-corrected chi connectivity index (χ3v) is 11.6. The van der Waals surface area contributed by atoms with Gasteiger partial charge in [-0.15, -0.1) is 6.42 Å². The van der Waals surface area contributed by atoms with E-state index in [0.29, 0.717) is 54.9 Å². The number of rotatable bonds is 5. The van der Waals surface area contributed by atoms with Crippen molar-refractivity contribution < 1.29 is 18.6 Å². The standard InChI is InChI=1S/C36H39F2N5O2/c1-2-27-29(38)7-4-22-12-26(44)13-32(34(22)27)43-20-30-28(16-35(43)9-10-35)31(41-18-24-5-6-25(19-41)39-24)14-33(40-30)45-21-36-8-3-11-42(36)17-23(37)15-36/h1,4,7,12-14,23-25,39,44H,3,5-6,8-11,15-21H2/t23-,24?,25?,36+/m1/s1. The molecule has 1 spiro atoms. The molecule has 6 heterocycles. The number of piperazine rings is 1. The van der Waals surface area contributed by atoms with Crippen molar-refractivity contribution in [2.75, 3.05) is 42.6 Å². The Labute approximate surface area is 262 Å². The van der Waals surface area contributed by atoms with Crippen LogP contribution in [-0.4, -0.2) is 77.1 Å². The first-order chi connectivity index (χ1) is 21.8. The summed E-state index contributed by atoms with van der Waals surface area (Å²) in [5, 5.41) is 15.9. The van der Waals surface area contributed by atoms with Gasteiger partial charge < -0.3 is 25.0 Å². The van der Waals surface area contributed by atoms with E-state index in [4.69, 9.17) is 16.1 Å². The van der Waals surface area contributed by atoms with Gasteiger partial charge in [0.25, 0.3) is 0 Å². The molecule has 4 saturated heterocycles. The summed E-state index contributed by atoms with van der Waals surface area (Å²) >= 11 is 0. The summed E-state index contributed by atoms with van der Waals surface area (Å²) in [6.45, 7) is 4.25. The number of phenols is 1. The van der Waals surface area contributed by atoms with Crippen LogP contribution in [-0.2, 0) is 13.0 Å². The van der Waals surface area contributed by atoms with Crippen molar-refractivity contribution in [3.05, 3.63) is 53.0 Å². The van der Waals surface area contributed by atoms with Crippen molar-refractivity contribution in [1.82, 2.24) is 15.2 Å². The van der Waals surface area contributed by atoms with Gasteiger partial charge in [-0.2, -0.15) is 0 Å². The Balaban J connectivity index is 1.13. The maximum absolute atomic E-state index is 15.0. The molecule has 3 aromatic rings. The summed E-state index contributed by atoms with van der Waals surface area (Å²) < 4.78 is 36.1. The van der Waals surface area contributed by atoms with Crippen LogP contribution in [0.5, 0.6) is 11.6 Å². The van der Waals surface area contributed by atoms with Crippen LogP contribution in [0.1, 0.15) is 61.8 Å². The topological polar surface area (TPSA) is 64.1 Å². The number of anilines is 2. The number of phenolic OH excluding ortho intramolecular Hbond substituents is 1. The lowest BCUT2D eigenvalue weighted by molar-refractivity contribution is 0.110. The highest BCUT2D eigenvalue weighted by atomic mass is 19.1. The Morgan fingerprint density at radius 2 is 1.91 bits per heavy atom. The molecule has 0 amide bonds. The van der Waals surface area contributed by atoms with Gasteiger partial charge in [-0.05, 0) is 69.0 Å². The number of ether oxygens (including phenoxy) is 1. The molecular formula is C36H39F2N5O2. The molecule has 1 saturated carbocycles. The van der Waals surface area contributed by atoms with Crippen molar-refractivity contribution in [2.24, 2.45) is 0 Å². The molecule has 1 aliphatic carbocycles. The van der Waals surface area contributed by atoms with E-state index in [1.807, 2.05) is 0 Å². The number of aromatic hydroxyl groups is 1. The summed E-state index contributed by atoms with van der Waals surface area (Å²) in [5.74, 6) is 2.85. The van der Waals surface area contributed by atoms with Crippen LogP contribution in [0, 0.1) is 18.2 Å². The maximum Gasteiger partial charge on any atom is 0.215 e. The van der Waals surface area contributed by atoms with E-state index in [0.717, 1.165) is 63.1 Å². The predicted molar refractivity (Wildman–Crippen MR) is 170 cm³/mol. The number of nitrogens with zero attached hydrogens (tertiary/aromatic N) is 4. The number of nitrogens with one attached hydrogen (secondary N) is 1. The summed E-state index contributed by atoms with van der Waals surface area (Å²) in [6, 6.07) is 9.53. The second-order valence-corrected chi connectivity index (χ2v) is 14.4. The fourth-order valence-electron chi connectivity index (χ4n) is 9.35. The zero-order valence-corrected chi connectivity index (χ0v) is 25.5. The molecule has 2 bridgehead atoms. The number of terminal acetylenes is 1. The van der Waals surface area contributed by atoms with E-state index in [1.54, 1.807) is 18.2 Å². The number of fused-ring (bicyclic) bond motifs is 5. The summed E-state index contributed by atoms with van der Waals surface area (Å²) in [7, 11) is 0. The largest absolute Gasteiger partial charge is 0.508 e. The lowest BCUT2D eigenvalue weighted by atomic mass is 9.91. The molecule has 4 atom stereocenters. The first kappa shape index (κ1) is 27.7. The molecule has 45 heavy (non-hydrogen) atoms. The Bertz CT molecular complexity index is 1740. The van der Waals surface area contributed by atoms with Gasteiger partial charge in [0.1, 0.15) is 24.3 Å². The average Bonchev–Trinajstić information content (AvgIpc) is 3.39. The van der Waals surface area contributed by atoms with Crippen molar-refractivity contribution in [2.45, 2.75) is 87.2 Å². The van der Waals surface area contributed by atoms with Crippen LogP contribution in [0.25, 0.3) is 10.8 Å². The average molecular weight is 612 g/mol. The van der Waals surface area contributed by atoms with Crippen LogP contribution < -0.4 is 19.9 Å². The normalized spacial score (nSPS) is 29.7. The number of hydrogen-bond acceptors (Lipinski definition) is 7. The Hall–Kier alpha value is -3.61. The van der Waals surface area contributed by atoms with Crippen molar-refractivity contribution in [1.29, 1.82) is 0 Å². The fourth-order valence-corrected chi connectivity index (χ4v) is 9.35. The van der Waals surface area contributed by atoms with E-state index in [2.05, 4.69) is 32.0 Å². The van der Waals surface area contributed by atoms with Crippen LogP contribution >= 0.6 is 0 Å². The second-order valence-electron chi connectivity index (χ2n) is 14.4. The maximum atomic E-state index is 15.0. The SMILES string of the molecule is C#Cc1c(F)ccc2cc(O)cc(N3Cc4nc(OC[C@@]56CCCN5C[C@H](F)C6)cc(N5CC6CCC(C5)N6)c4CC34CC4)c12. The number of hydrogen-bond donors (Lipinski definition) is 2. The third-order valence-electron chi connectivity index (χ3n) is 11.6. The number of pyridine rings is 1. The lowest BCUT2D eigenvalue weighted by Crippen LogP contribution is -2.52. The van der Waals surface area contributed by atoms with E-state index in [9.17, 15) is 9.50 Å². The highest BCUT2D eigenvalue weighted by molar-refractivity contribution is 6.00. The van der Waals surface area contributed by atoms with Crippen LogP contribution in [0.2, 0.25) is 0 Å². The second kappa shape index (κ2) is 9.94. The monoisotopic (exact) mass is 611 g/mol. The van der Waals surface area contributed by atoms with Crippen LogP contribution in [0.4, 0.5) is 20.2 Å². The minimum Gasteiger partial charge on any atom is -0.508 e. The van der Waals surface area contributed by atoms with Crippen molar-refractivity contribution in [3.8, 4) is 24.0 Å². The van der Waals surface area contributed by atoms with Gasteiger partial charge in [-0.1, -0.05) is 12.0 Å². The van der Waals surface area contributed by atoms with Crippen molar-refractivity contribution in [3.63, 3.8) is 0 Å². The molecule has 2 unspecified atom stereocenters. The molecule has 2 N–H and O–H groups in total.